The molecule has 0 saturated carbocycles. The van der Waals surface area contributed by atoms with Crippen LogP contribution in [0.1, 0.15) is 13.3 Å². The summed E-state index contributed by atoms with van der Waals surface area (Å²) >= 11 is 0. The number of rotatable bonds is 0. The van der Waals surface area contributed by atoms with E-state index in [4.69, 9.17) is 0 Å². The molecular formula is C5H8N2O. The Morgan fingerprint density at radius 2 is 2.38 bits per heavy atom. The first-order valence-electron chi connectivity index (χ1n) is 2.87. The minimum Gasteiger partial charge on any atom is -0.274 e. The van der Waals surface area contributed by atoms with Crippen molar-refractivity contribution in [3.63, 3.8) is 0 Å². The molecule has 3 heteroatoms. The van der Waals surface area contributed by atoms with Crippen molar-refractivity contribution < 1.29 is 4.79 Å². The van der Waals surface area contributed by atoms with Gasteiger partial charge in [0.05, 0.1) is 0 Å². The van der Waals surface area contributed by atoms with E-state index in [0.717, 1.165) is 6.54 Å². The molecule has 0 radical (unpaired) electrons. The molecule has 2 aliphatic rings. The molecule has 2 rings (SSSR count). The highest BCUT2D eigenvalue weighted by Crippen LogP contribution is 2.37. The van der Waals surface area contributed by atoms with Crippen LogP contribution in [0.25, 0.3) is 0 Å². The Hall–Kier alpha value is -0.570. The van der Waals surface area contributed by atoms with Crippen LogP contribution in [0.4, 0.5) is 0 Å². The van der Waals surface area contributed by atoms with E-state index < -0.39 is 0 Å². The average Bonchev–Trinajstić information content (AvgIpc) is 2.07. The monoisotopic (exact) mass is 112 g/mol. The van der Waals surface area contributed by atoms with Crippen LogP contribution in [0.3, 0.4) is 0 Å². The van der Waals surface area contributed by atoms with E-state index in [9.17, 15) is 4.79 Å². The number of hydrogen-bond acceptors (Lipinski definition) is 2. The minimum atomic E-state index is 0.188. The number of carbonyl (C=O) groups is 1. The smallest absolute Gasteiger partial charge is 0.235 e. The predicted octanol–water partition coefficient (Wildman–Crippen LogP) is -0.205. The third kappa shape index (κ3) is 0.314. The van der Waals surface area contributed by atoms with Crippen molar-refractivity contribution in [2.75, 3.05) is 6.54 Å². The zero-order valence-corrected chi connectivity index (χ0v) is 4.79. The van der Waals surface area contributed by atoms with Gasteiger partial charge in [-0.2, -0.15) is 5.01 Å². The third-order valence-corrected chi connectivity index (χ3v) is 1.79. The molecule has 2 fully saturated rings. The van der Waals surface area contributed by atoms with Crippen molar-refractivity contribution in [3.05, 3.63) is 0 Å². The summed E-state index contributed by atoms with van der Waals surface area (Å²) in [5, 5.41) is 3.88. The molecule has 8 heavy (non-hydrogen) atoms. The number of nitrogens with zero attached hydrogens (tertiary/aromatic N) is 2. The van der Waals surface area contributed by atoms with Crippen LogP contribution in [0.5, 0.6) is 0 Å². The predicted molar refractivity (Wildman–Crippen MR) is 27.6 cm³/mol. The van der Waals surface area contributed by atoms with Crippen molar-refractivity contribution in [1.29, 1.82) is 0 Å². The van der Waals surface area contributed by atoms with Gasteiger partial charge in [-0.25, -0.2) is 0 Å². The summed E-state index contributed by atoms with van der Waals surface area (Å²) in [4.78, 5) is 10.6. The van der Waals surface area contributed by atoms with Gasteiger partial charge in [0, 0.05) is 13.5 Å². The van der Waals surface area contributed by atoms with Gasteiger partial charge in [-0.1, -0.05) is 0 Å². The van der Waals surface area contributed by atoms with Crippen LogP contribution in [-0.4, -0.2) is 28.6 Å². The molecule has 0 aromatic carbocycles. The molecule has 3 nitrogen and oxygen atoms in total. The Kier molecular flexibility index (Phi) is 0.568. The van der Waals surface area contributed by atoms with Crippen molar-refractivity contribution in [3.8, 4) is 0 Å². The van der Waals surface area contributed by atoms with Gasteiger partial charge < -0.3 is 0 Å². The Labute approximate surface area is 47.8 Å². The average molecular weight is 112 g/mol. The highest BCUT2D eigenvalue weighted by Gasteiger charge is 2.54. The number of carbonyl (C=O) groups excluding carboxylic acids is 1. The summed E-state index contributed by atoms with van der Waals surface area (Å²) in [5.74, 6) is 0.188. The Morgan fingerprint density at radius 3 is 2.50 bits per heavy atom. The van der Waals surface area contributed by atoms with Gasteiger partial charge in [-0.15, -0.1) is 0 Å². The minimum absolute atomic E-state index is 0.188. The van der Waals surface area contributed by atoms with Gasteiger partial charge in [0.2, 0.25) is 5.91 Å². The van der Waals surface area contributed by atoms with E-state index in [0.29, 0.717) is 6.17 Å². The second-order valence-corrected chi connectivity index (χ2v) is 2.30. The number of hydrogen-bond donors (Lipinski definition) is 0. The lowest BCUT2D eigenvalue weighted by atomic mass is 10.3. The second-order valence-electron chi connectivity index (χ2n) is 2.30. The maximum absolute atomic E-state index is 10.6. The van der Waals surface area contributed by atoms with E-state index >= 15 is 0 Å². The quantitative estimate of drug-likeness (QED) is 0.405. The van der Waals surface area contributed by atoms with E-state index in [1.807, 2.05) is 0 Å². The van der Waals surface area contributed by atoms with E-state index in [1.165, 1.54) is 6.42 Å². The molecule has 2 atom stereocenters. The molecule has 2 saturated heterocycles. The van der Waals surface area contributed by atoms with E-state index in [1.54, 1.807) is 11.9 Å². The zero-order valence-electron chi connectivity index (χ0n) is 4.79. The lowest BCUT2D eigenvalue weighted by Gasteiger charge is -2.03. The first-order chi connectivity index (χ1) is 3.80. The summed E-state index contributed by atoms with van der Waals surface area (Å²) < 4.78 is 0. The fraction of sp³-hybridized carbons (Fsp3) is 0.800. The number of hydrazine groups is 1. The van der Waals surface area contributed by atoms with E-state index in [2.05, 4.69) is 5.01 Å². The van der Waals surface area contributed by atoms with Crippen molar-refractivity contribution in [2.24, 2.45) is 0 Å². The first-order valence-corrected chi connectivity index (χ1v) is 2.87. The summed E-state index contributed by atoms with van der Waals surface area (Å²) in [6, 6.07) is 0. The van der Waals surface area contributed by atoms with Crippen LogP contribution in [0.15, 0.2) is 0 Å². The van der Waals surface area contributed by atoms with Crippen LogP contribution in [0.2, 0.25) is 0 Å². The molecule has 2 heterocycles. The summed E-state index contributed by atoms with van der Waals surface area (Å²) in [6.07, 6.45) is 1.69. The van der Waals surface area contributed by atoms with Gasteiger partial charge in [-0.05, 0) is 6.42 Å². The number of amides is 1. The third-order valence-electron chi connectivity index (χ3n) is 1.79. The van der Waals surface area contributed by atoms with Crippen molar-refractivity contribution in [2.45, 2.75) is 19.5 Å². The Balaban J connectivity index is 2.04. The van der Waals surface area contributed by atoms with Gasteiger partial charge in [-0.3, -0.25) is 9.80 Å². The topological polar surface area (TPSA) is 23.1 Å². The lowest BCUT2D eigenvalue weighted by Crippen LogP contribution is -2.17. The van der Waals surface area contributed by atoms with Crippen LogP contribution >= 0.6 is 0 Å². The number of fused-ring (bicyclic) bond motifs is 1. The second kappa shape index (κ2) is 1.05. The fourth-order valence-corrected chi connectivity index (χ4v) is 1.23. The van der Waals surface area contributed by atoms with Crippen LogP contribution < -0.4 is 0 Å². The zero-order chi connectivity index (χ0) is 5.72. The lowest BCUT2D eigenvalue weighted by molar-refractivity contribution is -0.126. The standard InChI is InChI=1S/C5H8N2O/c1-4(8)7-5-2-3-6(5)7/h5H,2-3H2,1H3. The largest absolute Gasteiger partial charge is 0.274 e. The molecule has 0 aromatic heterocycles. The Morgan fingerprint density at radius 1 is 1.75 bits per heavy atom. The molecule has 1 amide bonds. The van der Waals surface area contributed by atoms with Gasteiger partial charge >= 0.3 is 0 Å². The molecule has 0 aromatic rings. The molecule has 2 unspecified atom stereocenters. The summed E-state index contributed by atoms with van der Waals surface area (Å²) in [6.45, 7) is 2.70. The molecular weight excluding hydrogens is 104 g/mol. The van der Waals surface area contributed by atoms with Crippen LogP contribution in [0, 0.1) is 0 Å². The van der Waals surface area contributed by atoms with Crippen molar-refractivity contribution in [1.82, 2.24) is 10.0 Å². The van der Waals surface area contributed by atoms with Crippen molar-refractivity contribution >= 4 is 5.91 Å². The normalized spacial score (nSPS) is 40.4. The molecule has 0 spiro atoms. The summed E-state index contributed by atoms with van der Waals surface area (Å²) in [5.41, 5.74) is 0. The maximum Gasteiger partial charge on any atom is 0.235 e. The molecule has 0 aliphatic carbocycles. The summed E-state index contributed by atoms with van der Waals surface area (Å²) in [7, 11) is 0. The molecule has 44 valence electrons. The van der Waals surface area contributed by atoms with Gasteiger partial charge in [0.15, 0.2) is 0 Å². The maximum atomic E-state index is 10.6. The fourth-order valence-electron chi connectivity index (χ4n) is 1.23. The molecule has 0 N–H and O–H groups in total. The highest BCUT2D eigenvalue weighted by molar-refractivity contribution is 5.75. The molecule has 0 bridgehead atoms. The molecule has 2 aliphatic heterocycles. The highest BCUT2D eigenvalue weighted by atomic mass is 16.2. The van der Waals surface area contributed by atoms with Gasteiger partial charge in [0.1, 0.15) is 6.17 Å². The first kappa shape index (κ1) is 4.32. The van der Waals surface area contributed by atoms with Crippen LogP contribution in [-0.2, 0) is 4.79 Å². The SMILES string of the molecule is CC(=O)N1C2CCN21. The van der Waals surface area contributed by atoms with Gasteiger partial charge in [0.25, 0.3) is 0 Å². The Bertz CT molecular complexity index is 135. The van der Waals surface area contributed by atoms with E-state index in [-0.39, 0.29) is 5.91 Å².